The van der Waals surface area contributed by atoms with Gasteiger partial charge in [-0.3, -0.25) is 9.59 Å². The molecular weight excluding hydrogens is 474 g/mol. The number of hydrogen-bond acceptors (Lipinski definition) is 8. The van der Waals surface area contributed by atoms with E-state index in [0.29, 0.717) is 0 Å². The van der Waals surface area contributed by atoms with E-state index >= 15 is 0 Å². The second kappa shape index (κ2) is 9.28. The van der Waals surface area contributed by atoms with Crippen molar-refractivity contribution >= 4 is 32.1 Å². The monoisotopic (exact) mass is 492 g/mol. The molecule has 0 aromatic carbocycles. The standard InChI is InChI=1S/C14H18F6O8S2/c1-8(28-12(22)9-2-4-10(5-3-9)27-7-21)6-11(29(23,24)13(15,16)17)30(25,26)14(18,19)20/h7-11H,2-6H2,1H3. The third-order valence-corrected chi connectivity index (χ3v) is 9.01. The maximum atomic E-state index is 12.7. The van der Waals surface area contributed by atoms with Crippen LogP contribution in [0, 0.1) is 5.92 Å². The molecule has 0 saturated heterocycles. The van der Waals surface area contributed by atoms with Gasteiger partial charge in [0.15, 0.2) is 4.58 Å². The molecule has 0 bridgehead atoms. The second-order valence-electron chi connectivity index (χ2n) is 6.60. The highest BCUT2D eigenvalue weighted by Gasteiger charge is 2.63. The summed E-state index contributed by atoms with van der Waals surface area (Å²) < 4.78 is 128. The highest BCUT2D eigenvalue weighted by molar-refractivity contribution is 8.09. The number of rotatable bonds is 8. The molecule has 1 saturated carbocycles. The highest BCUT2D eigenvalue weighted by atomic mass is 32.3. The molecule has 1 rings (SSSR count). The number of hydrogen-bond donors (Lipinski definition) is 0. The van der Waals surface area contributed by atoms with Crippen molar-refractivity contribution in [3.8, 4) is 0 Å². The lowest BCUT2D eigenvalue weighted by atomic mass is 9.87. The first-order valence-electron chi connectivity index (χ1n) is 8.35. The minimum Gasteiger partial charge on any atom is -0.465 e. The predicted octanol–water partition coefficient (Wildman–Crippen LogP) is 2.24. The van der Waals surface area contributed by atoms with Gasteiger partial charge < -0.3 is 9.47 Å². The Bertz CT molecular complexity index is 781. The lowest BCUT2D eigenvalue weighted by molar-refractivity contribution is -0.155. The molecule has 30 heavy (non-hydrogen) atoms. The normalized spacial score (nSPS) is 22.4. The number of alkyl halides is 6. The Labute approximate surface area is 167 Å². The van der Waals surface area contributed by atoms with Crippen molar-refractivity contribution < 1.29 is 62.2 Å². The van der Waals surface area contributed by atoms with E-state index in [4.69, 9.17) is 9.47 Å². The Kier molecular flexibility index (Phi) is 8.18. The molecule has 0 radical (unpaired) electrons. The lowest BCUT2D eigenvalue weighted by Crippen LogP contribution is -2.46. The predicted molar refractivity (Wildman–Crippen MR) is 86.8 cm³/mol. The summed E-state index contributed by atoms with van der Waals surface area (Å²) in [7, 11) is -13.6. The van der Waals surface area contributed by atoms with Gasteiger partial charge in [-0.15, -0.1) is 0 Å². The molecule has 0 spiro atoms. The number of carbonyl (C=O) groups is 2. The van der Waals surface area contributed by atoms with Crippen molar-refractivity contribution in [2.24, 2.45) is 5.92 Å². The molecule has 8 nitrogen and oxygen atoms in total. The van der Waals surface area contributed by atoms with Crippen LogP contribution in [0.25, 0.3) is 0 Å². The fourth-order valence-electron chi connectivity index (χ4n) is 2.85. The van der Waals surface area contributed by atoms with Crippen molar-refractivity contribution in [1.29, 1.82) is 0 Å². The van der Waals surface area contributed by atoms with Gasteiger partial charge >= 0.3 is 17.0 Å². The molecule has 176 valence electrons. The van der Waals surface area contributed by atoms with Gasteiger partial charge in [0, 0.05) is 6.42 Å². The Balaban J connectivity index is 2.98. The van der Waals surface area contributed by atoms with Crippen molar-refractivity contribution in [2.45, 2.75) is 66.8 Å². The van der Waals surface area contributed by atoms with Crippen LogP contribution in [-0.4, -0.2) is 57.1 Å². The van der Waals surface area contributed by atoms with Crippen LogP contribution in [0.4, 0.5) is 26.3 Å². The van der Waals surface area contributed by atoms with Crippen LogP contribution in [0.15, 0.2) is 0 Å². The fraction of sp³-hybridized carbons (Fsp3) is 0.857. The molecule has 0 aromatic heterocycles. The van der Waals surface area contributed by atoms with Crippen molar-refractivity contribution in [2.75, 3.05) is 0 Å². The number of ether oxygens (including phenoxy) is 2. The molecule has 1 fully saturated rings. The van der Waals surface area contributed by atoms with E-state index in [1.165, 1.54) is 0 Å². The molecule has 1 unspecified atom stereocenters. The van der Waals surface area contributed by atoms with Gasteiger partial charge in [-0.05, 0) is 32.6 Å². The van der Waals surface area contributed by atoms with Crippen LogP contribution in [0.3, 0.4) is 0 Å². The van der Waals surface area contributed by atoms with Crippen molar-refractivity contribution in [3.63, 3.8) is 0 Å². The van der Waals surface area contributed by atoms with E-state index in [9.17, 15) is 52.8 Å². The third-order valence-electron chi connectivity index (χ3n) is 4.43. The van der Waals surface area contributed by atoms with Crippen molar-refractivity contribution in [1.82, 2.24) is 0 Å². The van der Waals surface area contributed by atoms with E-state index in [0.717, 1.165) is 6.92 Å². The Morgan fingerprint density at radius 3 is 1.77 bits per heavy atom. The molecule has 0 N–H and O–H groups in total. The Morgan fingerprint density at radius 2 is 1.40 bits per heavy atom. The number of esters is 1. The van der Waals surface area contributed by atoms with Gasteiger partial charge in [-0.1, -0.05) is 0 Å². The average molecular weight is 492 g/mol. The topological polar surface area (TPSA) is 121 Å². The molecule has 16 heteroatoms. The number of carbonyl (C=O) groups excluding carboxylic acids is 2. The summed E-state index contributed by atoms with van der Waals surface area (Å²) in [6.07, 6.45) is -3.34. The molecule has 0 amide bonds. The van der Waals surface area contributed by atoms with Gasteiger partial charge in [0.1, 0.15) is 12.2 Å². The maximum absolute atomic E-state index is 12.7. The molecule has 1 atom stereocenters. The van der Waals surface area contributed by atoms with Gasteiger partial charge in [0.25, 0.3) is 26.1 Å². The highest BCUT2D eigenvalue weighted by Crippen LogP contribution is 2.38. The molecule has 0 aliphatic heterocycles. The van der Waals surface area contributed by atoms with Crippen LogP contribution in [0.1, 0.15) is 39.0 Å². The van der Waals surface area contributed by atoms with Crippen LogP contribution >= 0.6 is 0 Å². The molecule has 0 aromatic rings. The van der Waals surface area contributed by atoms with Gasteiger partial charge in [-0.25, -0.2) is 16.8 Å². The second-order valence-corrected chi connectivity index (χ2v) is 11.1. The minimum absolute atomic E-state index is 0.134. The summed E-state index contributed by atoms with van der Waals surface area (Å²) in [6, 6.07) is 0. The first-order chi connectivity index (χ1) is 13.4. The minimum atomic E-state index is -6.80. The first-order valence-corrected chi connectivity index (χ1v) is 11.4. The summed E-state index contributed by atoms with van der Waals surface area (Å²) in [5.41, 5.74) is -12.6. The van der Waals surface area contributed by atoms with Crippen LogP contribution in [0.2, 0.25) is 0 Å². The summed E-state index contributed by atoms with van der Waals surface area (Å²) in [6.45, 7) is 0.998. The van der Waals surface area contributed by atoms with E-state index in [1.54, 1.807) is 0 Å². The van der Waals surface area contributed by atoms with Crippen molar-refractivity contribution in [3.05, 3.63) is 0 Å². The zero-order valence-corrected chi connectivity index (χ0v) is 16.9. The van der Waals surface area contributed by atoms with E-state index in [-0.39, 0.29) is 32.2 Å². The van der Waals surface area contributed by atoms with Crippen LogP contribution in [0.5, 0.6) is 0 Å². The number of halogens is 6. The first kappa shape index (κ1) is 26.5. The van der Waals surface area contributed by atoms with Gasteiger partial charge in [0.2, 0.25) is 0 Å². The quantitative estimate of drug-likeness (QED) is 0.287. The average Bonchev–Trinajstić information content (AvgIpc) is 2.58. The largest absolute Gasteiger partial charge is 0.498 e. The fourth-order valence-corrected chi connectivity index (χ4v) is 6.48. The smallest absolute Gasteiger partial charge is 0.465 e. The summed E-state index contributed by atoms with van der Waals surface area (Å²) in [5.74, 6) is -1.87. The summed E-state index contributed by atoms with van der Waals surface area (Å²) >= 11 is 0. The Hall–Kier alpha value is -1.58. The number of sulfone groups is 2. The SMILES string of the molecule is CC(CC(S(=O)(=O)C(F)(F)F)S(=O)(=O)C(F)(F)F)OC(=O)C1CCC(OC=O)CC1. The Morgan fingerprint density at radius 1 is 0.967 bits per heavy atom. The molecule has 1 aliphatic rings. The third kappa shape index (κ3) is 5.98. The van der Waals surface area contributed by atoms with E-state index < -0.39 is 65.8 Å². The molecule has 0 heterocycles. The van der Waals surface area contributed by atoms with E-state index in [2.05, 4.69) is 0 Å². The zero-order valence-electron chi connectivity index (χ0n) is 15.3. The lowest BCUT2D eigenvalue weighted by Gasteiger charge is -2.28. The van der Waals surface area contributed by atoms with Crippen LogP contribution in [-0.2, 0) is 38.7 Å². The summed E-state index contributed by atoms with van der Waals surface area (Å²) in [4.78, 5) is 22.3. The van der Waals surface area contributed by atoms with E-state index in [1.807, 2.05) is 0 Å². The summed E-state index contributed by atoms with van der Waals surface area (Å²) in [5, 5.41) is 0. The molecule has 1 aliphatic carbocycles. The maximum Gasteiger partial charge on any atom is 0.498 e. The molecular formula is C14H18F6O8S2. The van der Waals surface area contributed by atoms with Gasteiger partial charge in [-0.2, -0.15) is 26.3 Å². The zero-order chi connectivity index (χ0) is 23.5. The van der Waals surface area contributed by atoms with Crippen LogP contribution < -0.4 is 0 Å². The van der Waals surface area contributed by atoms with Gasteiger partial charge in [0.05, 0.1) is 5.92 Å².